The second-order valence-corrected chi connectivity index (χ2v) is 5.98. The summed E-state index contributed by atoms with van der Waals surface area (Å²) >= 11 is 3.24. The van der Waals surface area contributed by atoms with E-state index in [1.807, 2.05) is 13.0 Å². The molecule has 0 aliphatic carbocycles. The van der Waals surface area contributed by atoms with Crippen molar-refractivity contribution in [3.8, 4) is 11.4 Å². The second-order valence-electron chi connectivity index (χ2n) is 5.18. The lowest BCUT2D eigenvalue weighted by Crippen LogP contribution is -2.24. The minimum atomic E-state index is -0.137. The summed E-state index contributed by atoms with van der Waals surface area (Å²) in [6, 6.07) is 6.27. The minimum Gasteiger partial charge on any atom is -0.374 e. The predicted octanol–water partition coefficient (Wildman–Crippen LogP) is 2.89. The highest BCUT2D eigenvalue weighted by atomic mass is 79.9. The zero-order chi connectivity index (χ0) is 14.3. The van der Waals surface area contributed by atoms with Gasteiger partial charge in [0.05, 0.1) is 5.69 Å². The molecule has 1 aliphatic rings. The Kier molecular flexibility index (Phi) is 3.38. The van der Waals surface area contributed by atoms with Crippen LogP contribution < -0.4 is 10.5 Å². The molecule has 0 amide bonds. The third kappa shape index (κ3) is 2.26. The molecule has 0 saturated carbocycles. The van der Waals surface area contributed by atoms with Gasteiger partial charge in [0.2, 0.25) is 0 Å². The van der Waals surface area contributed by atoms with E-state index in [4.69, 9.17) is 0 Å². The van der Waals surface area contributed by atoms with Crippen molar-refractivity contribution in [1.29, 1.82) is 0 Å². The summed E-state index contributed by atoms with van der Waals surface area (Å²) in [7, 11) is 2.11. The molecule has 1 N–H and O–H groups in total. The number of hydrogen-bond donors (Lipinski definition) is 1. The largest absolute Gasteiger partial charge is 0.374 e. The van der Waals surface area contributed by atoms with E-state index in [2.05, 4.69) is 50.0 Å². The van der Waals surface area contributed by atoms with E-state index >= 15 is 0 Å². The fraction of sp³-hybridized carbons (Fsp3) is 0.333. The number of fused-ring (bicyclic) bond motifs is 1. The summed E-state index contributed by atoms with van der Waals surface area (Å²) in [5.74, 6) is 0.631. The maximum Gasteiger partial charge on any atom is 0.265 e. The van der Waals surface area contributed by atoms with Crippen molar-refractivity contribution in [2.45, 2.75) is 19.8 Å². The predicted molar refractivity (Wildman–Crippen MR) is 84.3 cm³/mol. The molecule has 0 bridgehead atoms. The van der Waals surface area contributed by atoms with Crippen molar-refractivity contribution < 1.29 is 0 Å². The fourth-order valence-corrected chi connectivity index (χ4v) is 2.83. The van der Waals surface area contributed by atoms with Crippen LogP contribution >= 0.6 is 15.9 Å². The molecule has 1 aromatic carbocycles. The lowest BCUT2D eigenvalue weighted by atomic mass is 9.99. The Hall–Kier alpha value is -1.62. The first-order valence-electron chi connectivity index (χ1n) is 6.67. The molecule has 0 spiro atoms. The molecular weight excluding hydrogens is 318 g/mol. The van der Waals surface area contributed by atoms with Gasteiger partial charge in [0.1, 0.15) is 10.3 Å². The van der Waals surface area contributed by atoms with E-state index in [0.717, 1.165) is 24.9 Å². The maximum absolute atomic E-state index is 11.8. The van der Waals surface area contributed by atoms with Gasteiger partial charge < -0.3 is 9.88 Å². The van der Waals surface area contributed by atoms with Gasteiger partial charge >= 0.3 is 0 Å². The van der Waals surface area contributed by atoms with Gasteiger partial charge in [-0.05, 0) is 59.5 Å². The highest BCUT2D eigenvalue weighted by Gasteiger charge is 2.15. The van der Waals surface area contributed by atoms with Gasteiger partial charge in [0.15, 0.2) is 0 Å². The number of nitrogens with one attached hydrogen (secondary N) is 1. The molecule has 0 saturated heterocycles. The molecule has 5 heteroatoms. The standard InChI is InChI=1S/C15H16BrN3O/c1-9-13(16)15(20)18-14(17-9)11-5-6-12-10(8-11)4-3-7-19(12)2/h5-6,8H,3-4,7H2,1-2H3,(H,17,18,20). The third-order valence-electron chi connectivity index (χ3n) is 3.73. The minimum absolute atomic E-state index is 0.137. The molecule has 0 radical (unpaired) electrons. The van der Waals surface area contributed by atoms with Crippen LogP contribution in [0.2, 0.25) is 0 Å². The van der Waals surface area contributed by atoms with Crippen LogP contribution in [0, 0.1) is 6.92 Å². The Morgan fingerprint density at radius 1 is 1.40 bits per heavy atom. The van der Waals surface area contributed by atoms with Gasteiger partial charge in [0, 0.05) is 24.8 Å². The summed E-state index contributed by atoms with van der Waals surface area (Å²) in [4.78, 5) is 21.4. The molecule has 2 heterocycles. The number of benzene rings is 1. The zero-order valence-corrected chi connectivity index (χ0v) is 13.1. The van der Waals surface area contributed by atoms with Crippen molar-refractivity contribution in [2.75, 3.05) is 18.5 Å². The van der Waals surface area contributed by atoms with Crippen molar-refractivity contribution in [1.82, 2.24) is 9.97 Å². The highest BCUT2D eigenvalue weighted by molar-refractivity contribution is 9.10. The summed E-state index contributed by atoms with van der Waals surface area (Å²) in [5, 5.41) is 0. The van der Waals surface area contributed by atoms with E-state index in [-0.39, 0.29) is 5.56 Å². The number of rotatable bonds is 1. The molecule has 4 nitrogen and oxygen atoms in total. The smallest absolute Gasteiger partial charge is 0.265 e. The van der Waals surface area contributed by atoms with Crippen LogP contribution in [-0.4, -0.2) is 23.6 Å². The number of halogens is 1. The zero-order valence-electron chi connectivity index (χ0n) is 11.5. The SMILES string of the molecule is Cc1nc(-c2ccc3c(c2)CCCN3C)[nH]c(=O)c1Br. The first-order chi connectivity index (χ1) is 9.56. The average molecular weight is 334 g/mol. The lowest BCUT2D eigenvalue weighted by molar-refractivity contribution is 0.744. The van der Waals surface area contributed by atoms with Crippen LogP contribution in [0.15, 0.2) is 27.5 Å². The molecular formula is C15H16BrN3O. The summed E-state index contributed by atoms with van der Waals surface area (Å²) in [6.07, 6.45) is 2.24. The first-order valence-corrected chi connectivity index (χ1v) is 7.46. The Bertz CT molecular complexity index is 724. The van der Waals surface area contributed by atoms with Crippen LogP contribution in [0.1, 0.15) is 17.7 Å². The summed E-state index contributed by atoms with van der Waals surface area (Å²) in [6.45, 7) is 2.92. The summed E-state index contributed by atoms with van der Waals surface area (Å²) < 4.78 is 0.499. The van der Waals surface area contributed by atoms with Crippen LogP contribution in [0.4, 0.5) is 5.69 Å². The van der Waals surface area contributed by atoms with E-state index in [9.17, 15) is 4.79 Å². The lowest BCUT2D eigenvalue weighted by Gasteiger charge is -2.27. The molecule has 0 fully saturated rings. The van der Waals surface area contributed by atoms with Crippen LogP contribution in [0.3, 0.4) is 0 Å². The third-order valence-corrected chi connectivity index (χ3v) is 4.67. The first kappa shape index (κ1) is 13.4. The number of aromatic amines is 1. The molecule has 20 heavy (non-hydrogen) atoms. The number of aryl methyl sites for hydroxylation is 2. The second kappa shape index (κ2) is 5.05. The topological polar surface area (TPSA) is 49.0 Å². The average Bonchev–Trinajstić information content (AvgIpc) is 2.44. The number of H-pyrrole nitrogens is 1. The normalized spacial score (nSPS) is 14.2. The molecule has 0 atom stereocenters. The molecule has 2 aromatic rings. The van der Waals surface area contributed by atoms with Crippen molar-refractivity contribution in [2.24, 2.45) is 0 Å². The number of aromatic nitrogens is 2. The Morgan fingerprint density at radius 2 is 2.20 bits per heavy atom. The maximum atomic E-state index is 11.8. The Balaban J connectivity index is 2.10. The molecule has 1 aromatic heterocycles. The Labute approximate surface area is 126 Å². The van der Waals surface area contributed by atoms with Crippen LogP contribution in [0.25, 0.3) is 11.4 Å². The van der Waals surface area contributed by atoms with E-state index in [0.29, 0.717) is 16.0 Å². The van der Waals surface area contributed by atoms with Gasteiger partial charge in [0.25, 0.3) is 5.56 Å². The number of hydrogen-bond acceptors (Lipinski definition) is 3. The van der Waals surface area contributed by atoms with Crippen LogP contribution in [-0.2, 0) is 6.42 Å². The van der Waals surface area contributed by atoms with E-state index in [1.54, 1.807) is 0 Å². The number of nitrogens with zero attached hydrogens (tertiary/aromatic N) is 2. The van der Waals surface area contributed by atoms with Gasteiger partial charge in [-0.2, -0.15) is 0 Å². The van der Waals surface area contributed by atoms with Crippen molar-refractivity contribution in [3.63, 3.8) is 0 Å². The van der Waals surface area contributed by atoms with Gasteiger partial charge in [-0.1, -0.05) is 0 Å². The van der Waals surface area contributed by atoms with Crippen molar-refractivity contribution >= 4 is 21.6 Å². The quantitative estimate of drug-likeness (QED) is 0.872. The highest BCUT2D eigenvalue weighted by Crippen LogP contribution is 2.29. The van der Waals surface area contributed by atoms with E-state index < -0.39 is 0 Å². The van der Waals surface area contributed by atoms with Crippen molar-refractivity contribution in [3.05, 3.63) is 44.3 Å². The van der Waals surface area contributed by atoms with Gasteiger partial charge in [-0.3, -0.25) is 4.79 Å². The fourth-order valence-electron chi connectivity index (χ4n) is 2.64. The van der Waals surface area contributed by atoms with E-state index in [1.165, 1.54) is 11.3 Å². The molecule has 0 unspecified atom stereocenters. The molecule has 3 rings (SSSR count). The molecule has 104 valence electrons. The monoisotopic (exact) mass is 333 g/mol. The summed E-state index contributed by atoms with van der Waals surface area (Å²) in [5.41, 5.74) is 4.13. The van der Waals surface area contributed by atoms with Gasteiger partial charge in [-0.25, -0.2) is 4.98 Å². The molecule has 1 aliphatic heterocycles. The van der Waals surface area contributed by atoms with Gasteiger partial charge in [-0.15, -0.1) is 0 Å². The van der Waals surface area contributed by atoms with Crippen LogP contribution in [0.5, 0.6) is 0 Å². The number of anilines is 1. The Morgan fingerprint density at radius 3 is 2.95 bits per heavy atom.